The Balaban J connectivity index is 1.45. The van der Waals surface area contributed by atoms with Gasteiger partial charge in [-0.15, -0.1) is 10.2 Å². The molecule has 0 bridgehead atoms. The Morgan fingerprint density at radius 2 is 1.93 bits per heavy atom. The molecule has 0 atom stereocenters. The van der Waals surface area contributed by atoms with Crippen molar-refractivity contribution in [3.63, 3.8) is 0 Å². The van der Waals surface area contributed by atoms with E-state index in [1.807, 2.05) is 43.3 Å². The molecule has 4 aromatic rings. The number of thioether (sulfide) groups is 1. The van der Waals surface area contributed by atoms with Gasteiger partial charge < -0.3 is 18.4 Å². The van der Waals surface area contributed by atoms with Gasteiger partial charge in [0.1, 0.15) is 11.5 Å². The molecular weight excluding hydrogens is 392 g/mol. The lowest BCUT2D eigenvalue weighted by atomic mass is 10.1. The number of aromatic nitrogens is 4. The maximum absolute atomic E-state index is 5.72. The summed E-state index contributed by atoms with van der Waals surface area (Å²) >= 11 is 1.33. The van der Waals surface area contributed by atoms with Gasteiger partial charge in [0.25, 0.3) is 5.22 Å². The Morgan fingerprint density at radius 1 is 1.03 bits per heavy atom. The number of nitrogens with zero attached hydrogens (tertiary/aromatic N) is 4. The Bertz CT molecular complexity index is 1130. The molecule has 9 heteroatoms. The van der Waals surface area contributed by atoms with E-state index in [1.54, 1.807) is 20.3 Å². The Kier molecular flexibility index (Phi) is 5.48. The Morgan fingerprint density at radius 3 is 2.72 bits per heavy atom. The molecule has 0 spiro atoms. The first-order valence-electron chi connectivity index (χ1n) is 8.74. The number of methoxy groups -OCH3 is 2. The van der Waals surface area contributed by atoms with Gasteiger partial charge in [-0.2, -0.15) is 4.98 Å². The molecule has 0 saturated heterocycles. The Labute approximate surface area is 171 Å². The lowest BCUT2D eigenvalue weighted by Gasteiger charge is -2.07. The molecule has 2 aromatic heterocycles. The summed E-state index contributed by atoms with van der Waals surface area (Å²) in [6.45, 7) is 2.01. The summed E-state index contributed by atoms with van der Waals surface area (Å²) in [6, 6.07) is 13.3. The third kappa shape index (κ3) is 4.24. The second kappa shape index (κ2) is 8.36. The van der Waals surface area contributed by atoms with Crippen LogP contribution in [-0.4, -0.2) is 34.6 Å². The largest absolute Gasteiger partial charge is 0.497 e. The van der Waals surface area contributed by atoms with Crippen LogP contribution in [0.3, 0.4) is 0 Å². The van der Waals surface area contributed by atoms with Gasteiger partial charge >= 0.3 is 0 Å². The number of hydrogen-bond donors (Lipinski definition) is 0. The van der Waals surface area contributed by atoms with Crippen molar-refractivity contribution >= 4 is 11.8 Å². The summed E-state index contributed by atoms with van der Waals surface area (Å²) in [7, 11) is 3.18. The van der Waals surface area contributed by atoms with Gasteiger partial charge in [0.15, 0.2) is 0 Å². The fourth-order valence-corrected chi connectivity index (χ4v) is 3.29. The molecule has 0 radical (unpaired) electrons. The zero-order valence-corrected chi connectivity index (χ0v) is 16.9. The summed E-state index contributed by atoms with van der Waals surface area (Å²) in [5, 5.41) is 12.6. The zero-order valence-electron chi connectivity index (χ0n) is 16.1. The van der Waals surface area contributed by atoms with Crippen LogP contribution < -0.4 is 9.47 Å². The maximum atomic E-state index is 5.72. The fourth-order valence-electron chi connectivity index (χ4n) is 2.69. The molecule has 4 rings (SSSR count). The molecule has 2 heterocycles. The smallest absolute Gasteiger partial charge is 0.277 e. The lowest BCUT2D eigenvalue weighted by Crippen LogP contribution is -1.91. The van der Waals surface area contributed by atoms with Crippen molar-refractivity contribution in [3.8, 4) is 34.3 Å². The summed E-state index contributed by atoms with van der Waals surface area (Å²) < 4.78 is 21.7. The molecule has 0 amide bonds. The van der Waals surface area contributed by atoms with E-state index in [0.717, 1.165) is 11.1 Å². The highest BCUT2D eigenvalue weighted by molar-refractivity contribution is 7.98. The molecule has 8 nitrogen and oxygen atoms in total. The van der Waals surface area contributed by atoms with Crippen LogP contribution in [-0.2, 0) is 5.75 Å². The average Bonchev–Trinajstić information content (AvgIpc) is 3.41. The predicted octanol–water partition coefficient (Wildman–Crippen LogP) is 4.40. The summed E-state index contributed by atoms with van der Waals surface area (Å²) in [6.07, 6.45) is 0. The fraction of sp³-hybridized carbons (Fsp3) is 0.200. The van der Waals surface area contributed by atoms with Crippen molar-refractivity contribution in [3.05, 3.63) is 53.9 Å². The van der Waals surface area contributed by atoms with Crippen LogP contribution in [0.2, 0.25) is 0 Å². The normalized spacial score (nSPS) is 10.9. The van der Waals surface area contributed by atoms with E-state index in [0.29, 0.717) is 45.6 Å². The third-order valence-corrected chi connectivity index (χ3v) is 4.91. The van der Waals surface area contributed by atoms with Crippen LogP contribution in [0.5, 0.6) is 11.5 Å². The van der Waals surface area contributed by atoms with E-state index in [2.05, 4.69) is 20.3 Å². The molecular formula is C20H18N4O4S. The van der Waals surface area contributed by atoms with Crippen LogP contribution in [0.15, 0.2) is 56.6 Å². The zero-order chi connectivity index (χ0) is 20.2. The maximum Gasteiger partial charge on any atom is 0.277 e. The molecule has 0 saturated carbocycles. The molecule has 0 aliphatic carbocycles. The molecule has 0 aliphatic rings. The summed E-state index contributed by atoms with van der Waals surface area (Å²) in [5.74, 6) is 3.05. The quantitative estimate of drug-likeness (QED) is 0.411. The minimum atomic E-state index is 0.404. The second-order valence-corrected chi connectivity index (χ2v) is 7.04. The second-order valence-electron chi connectivity index (χ2n) is 6.11. The topological polar surface area (TPSA) is 96.3 Å². The summed E-state index contributed by atoms with van der Waals surface area (Å²) in [5.41, 5.74) is 2.73. The summed E-state index contributed by atoms with van der Waals surface area (Å²) in [4.78, 5) is 4.43. The van der Waals surface area contributed by atoms with Gasteiger partial charge in [0, 0.05) is 11.6 Å². The van der Waals surface area contributed by atoms with E-state index < -0.39 is 0 Å². The van der Waals surface area contributed by atoms with E-state index in [1.165, 1.54) is 11.8 Å². The first-order chi connectivity index (χ1) is 14.2. The third-order valence-electron chi connectivity index (χ3n) is 4.11. The number of ether oxygens (including phenoxy) is 2. The van der Waals surface area contributed by atoms with Gasteiger partial charge in [-0.25, -0.2) is 0 Å². The van der Waals surface area contributed by atoms with Crippen LogP contribution in [0, 0.1) is 6.92 Å². The number of benzene rings is 2. The van der Waals surface area contributed by atoms with Crippen LogP contribution in [0.1, 0.15) is 11.5 Å². The van der Waals surface area contributed by atoms with Crippen molar-refractivity contribution in [2.75, 3.05) is 14.2 Å². The molecule has 0 aliphatic heterocycles. The minimum Gasteiger partial charge on any atom is -0.497 e. The monoisotopic (exact) mass is 410 g/mol. The minimum absolute atomic E-state index is 0.404. The van der Waals surface area contributed by atoms with Crippen LogP contribution in [0.25, 0.3) is 22.8 Å². The van der Waals surface area contributed by atoms with E-state index in [-0.39, 0.29) is 0 Å². The Hall–Kier alpha value is -3.33. The average molecular weight is 410 g/mol. The first kappa shape index (κ1) is 19.0. The SMILES string of the molecule is COc1ccc(-c2noc(CSc3nnc(-c4cccc(C)c4)o3)n2)c(OC)c1. The van der Waals surface area contributed by atoms with Gasteiger partial charge in [0.05, 0.1) is 25.5 Å². The van der Waals surface area contributed by atoms with Gasteiger partial charge in [0.2, 0.25) is 17.6 Å². The molecule has 0 N–H and O–H groups in total. The first-order valence-corrected chi connectivity index (χ1v) is 9.73. The van der Waals surface area contributed by atoms with Gasteiger partial charge in [-0.1, -0.05) is 34.6 Å². The highest BCUT2D eigenvalue weighted by atomic mass is 32.2. The van der Waals surface area contributed by atoms with E-state index in [9.17, 15) is 0 Å². The van der Waals surface area contributed by atoms with Crippen molar-refractivity contribution in [2.45, 2.75) is 17.9 Å². The molecule has 148 valence electrons. The van der Waals surface area contributed by atoms with E-state index >= 15 is 0 Å². The van der Waals surface area contributed by atoms with Crippen molar-refractivity contribution in [2.24, 2.45) is 0 Å². The number of aryl methyl sites for hydroxylation is 1. The highest BCUT2D eigenvalue weighted by Gasteiger charge is 2.16. The van der Waals surface area contributed by atoms with Crippen molar-refractivity contribution in [1.82, 2.24) is 20.3 Å². The van der Waals surface area contributed by atoms with Crippen LogP contribution >= 0.6 is 11.8 Å². The van der Waals surface area contributed by atoms with Gasteiger partial charge in [-0.3, -0.25) is 0 Å². The molecule has 2 aromatic carbocycles. The van der Waals surface area contributed by atoms with E-state index in [4.69, 9.17) is 18.4 Å². The standard InChI is InChI=1S/C20H18N4O4S/c1-12-5-4-6-13(9-12)19-22-23-20(27-19)29-11-17-21-18(24-28-17)15-8-7-14(25-2)10-16(15)26-3/h4-10H,11H2,1-3H3. The molecule has 0 unspecified atom stereocenters. The molecule has 0 fully saturated rings. The predicted molar refractivity (Wildman–Crippen MR) is 107 cm³/mol. The lowest BCUT2D eigenvalue weighted by molar-refractivity contribution is 0.387. The number of rotatable bonds is 7. The molecule has 29 heavy (non-hydrogen) atoms. The van der Waals surface area contributed by atoms with Crippen LogP contribution in [0.4, 0.5) is 0 Å². The van der Waals surface area contributed by atoms with Crippen molar-refractivity contribution in [1.29, 1.82) is 0 Å². The van der Waals surface area contributed by atoms with Gasteiger partial charge in [-0.05, 0) is 31.2 Å². The number of hydrogen-bond acceptors (Lipinski definition) is 9. The van der Waals surface area contributed by atoms with Crippen molar-refractivity contribution < 1.29 is 18.4 Å². The highest BCUT2D eigenvalue weighted by Crippen LogP contribution is 2.32.